The molecule has 1 unspecified atom stereocenters. The Morgan fingerprint density at radius 2 is 1.81 bits per heavy atom. The molecule has 0 saturated carbocycles. The summed E-state index contributed by atoms with van der Waals surface area (Å²) >= 11 is 0. The summed E-state index contributed by atoms with van der Waals surface area (Å²) < 4.78 is 11.3. The first-order valence-electron chi connectivity index (χ1n) is 9.87. The molecule has 9 heteroatoms. The van der Waals surface area contributed by atoms with Crippen LogP contribution in [0.15, 0.2) is 42.5 Å². The van der Waals surface area contributed by atoms with Gasteiger partial charge in [-0.15, -0.1) is 0 Å². The minimum Gasteiger partial charge on any atom is -0.494 e. The van der Waals surface area contributed by atoms with Crippen LogP contribution in [0.5, 0.6) is 11.5 Å². The zero-order chi connectivity index (χ0) is 22.8. The fourth-order valence-corrected chi connectivity index (χ4v) is 2.89. The summed E-state index contributed by atoms with van der Waals surface area (Å²) in [5, 5.41) is 29.0. The molecule has 0 heterocycles. The maximum atomic E-state index is 12.1. The zero-order valence-electron chi connectivity index (χ0n) is 17.3. The second kappa shape index (κ2) is 11.4. The van der Waals surface area contributed by atoms with Crippen LogP contribution in [-0.4, -0.2) is 41.2 Å². The predicted octanol–water partition coefficient (Wildman–Crippen LogP) is 3.24. The Morgan fingerprint density at radius 3 is 2.39 bits per heavy atom. The Bertz CT molecular complexity index is 914. The highest BCUT2D eigenvalue weighted by atomic mass is 16.5. The van der Waals surface area contributed by atoms with Gasteiger partial charge in [-0.2, -0.15) is 0 Å². The first-order valence-corrected chi connectivity index (χ1v) is 9.87. The first-order chi connectivity index (χ1) is 14.8. The number of rotatable bonds is 13. The molecule has 0 aliphatic heterocycles. The monoisotopic (exact) mass is 429 g/mol. The number of unbranched alkanes of at least 4 members (excludes halogenated alkanes) is 1. The van der Waals surface area contributed by atoms with Crippen LogP contribution < -0.4 is 20.5 Å². The summed E-state index contributed by atoms with van der Waals surface area (Å²) in [6.07, 6.45) is 1.04. The maximum absolute atomic E-state index is 12.1. The van der Waals surface area contributed by atoms with Gasteiger partial charge in [0.05, 0.1) is 13.2 Å². The van der Waals surface area contributed by atoms with Crippen LogP contribution in [0.25, 0.3) is 0 Å². The van der Waals surface area contributed by atoms with E-state index in [1.54, 1.807) is 42.5 Å². The van der Waals surface area contributed by atoms with Crippen molar-refractivity contribution >= 4 is 23.5 Å². The van der Waals surface area contributed by atoms with Crippen molar-refractivity contribution in [2.75, 3.05) is 18.5 Å². The number of benzene rings is 2. The second-order valence-corrected chi connectivity index (χ2v) is 6.74. The topological polar surface area (TPSA) is 155 Å². The lowest BCUT2D eigenvalue weighted by Gasteiger charge is -2.21. The molecule has 2 rings (SSSR count). The van der Waals surface area contributed by atoms with Gasteiger partial charge in [0.1, 0.15) is 17.3 Å². The molecule has 0 amide bonds. The van der Waals surface area contributed by atoms with Crippen molar-refractivity contribution in [2.24, 2.45) is 5.73 Å². The lowest BCUT2D eigenvalue weighted by molar-refractivity contribution is -0.138. The van der Waals surface area contributed by atoms with Crippen LogP contribution in [0.2, 0.25) is 0 Å². The van der Waals surface area contributed by atoms with Gasteiger partial charge in [0.25, 0.3) is 0 Å². The third-order valence-corrected chi connectivity index (χ3v) is 4.40. The minimum absolute atomic E-state index is 0.0507. The predicted molar refractivity (Wildman–Crippen MR) is 116 cm³/mol. The van der Waals surface area contributed by atoms with Crippen LogP contribution in [0.1, 0.15) is 43.4 Å². The molecule has 0 bridgehead atoms. The van der Waals surface area contributed by atoms with E-state index in [0.717, 1.165) is 0 Å². The van der Waals surface area contributed by atoms with E-state index >= 15 is 0 Å². The van der Waals surface area contributed by atoms with Gasteiger partial charge in [0.15, 0.2) is 6.04 Å². The number of carbonyl (C=O) groups is 2. The van der Waals surface area contributed by atoms with E-state index in [4.69, 9.17) is 25.7 Å². The number of hydrogen-bond acceptors (Lipinski definition) is 6. The number of nitrogens with two attached hydrogens (primary N) is 1. The highest BCUT2D eigenvalue weighted by Crippen LogP contribution is 2.32. The van der Waals surface area contributed by atoms with Crippen molar-refractivity contribution in [3.63, 3.8) is 0 Å². The third-order valence-electron chi connectivity index (χ3n) is 4.40. The number of carboxylic acids is 2. The Hall–Kier alpha value is -3.75. The molecule has 0 aliphatic carbocycles. The van der Waals surface area contributed by atoms with E-state index in [9.17, 15) is 14.7 Å². The van der Waals surface area contributed by atoms with Gasteiger partial charge in [-0.3, -0.25) is 10.2 Å². The number of amidine groups is 1. The summed E-state index contributed by atoms with van der Waals surface area (Å²) in [6.45, 7) is 2.51. The van der Waals surface area contributed by atoms with Crippen molar-refractivity contribution in [1.82, 2.24) is 0 Å². The molecule has 0 fully saturated rings. The molecule has 6 N–H and O–H groups in total. The molecule has 1 atom stereocenters. The van der Waals surface area contributed by atoms with Crippen LogP contribution in [0.4, 0.5) is 5.69 Å². The summed E-state index contributed by atoms with van der Waals surface area (Å²) in [5.41, 5.74) is 6.90. The van der Waals surface area contributed by atoms with E-state index in [1.807, 2.05) is 6.92 Å². The normalized spacial score (nSPS) is 11.4. The molecule has 0 saturated heterocycles. The molecular weight excluding hydrogens is 402 g/mol. The van der Waals surface area contributed by atoms with Gasteiger partial charge in [0.2, 0.25) is 0 Å². The second-order valence-electron chi connectivity index (χ2n) is 6.74. The van der Waals surface area contributed by atoms with Crippen molar-refractivity contribution in [3.05, 3.63) is 53.6 Å². The van der Waals surface area contributed by atoms with E-state index in [1.165, 1.54) is 0 Å². The van der Waals surface area contributed by atoms with Crippen molar-refractivity contribution in [3.8, 4) is 11.5 Å². The molecule has 31 heavy (non-hydrogen) atoms. The molecule has 0 aliphatic rings. The fraction of sp³-hybridized carbons (Fsp3) is 0.318. The number of carboxylic acid groups (broad SMARTS) is 2. The van der Waals surface area contributed by atoms with E-state index in [0.29, 0.717) is 47.8 Å². The van der Waals surface area contributed by atoms with Crippen molar-refractivity contribution < 1.29 is 29.3 Å². The number of nitrogens with one attached hydrogen (secondary N) is 2. The third kappa shape index (κ3) is 7.22. The van der Waals surface area contributed by atoms with Gasteiger partial charge in [0, 0.05) is 23.2 Å². The van der Waals surface area contributed by atoms with Crippen molar-refractivity contribution in [2.45, 2.75) is 32.2 Å². The van der Waals surface area contributed by atoms with Gasteiger partial charge < -0.3 is 30.7 Å². The number of ether oxygens (including phenoxy) is 2. The Labute approximate surface area is 180 Å². The highest BCUT2D eigenvalue weighted by molar-refractivity contribution is 5.95. The fourth-order valence-electron chi connectivity index (χ4n) is 2.89. The quantitative estimate of drug-likeness (QED) is 0.185. The Morgan fingerprint density at radius 1 is 1.10 bits per heavy atom. The highest BCUT2D eigenvalue weighted by Gasteiger charge is 2.24. The smallest absolute Gasteiger partial charge is 0.330 e. The molecule has 2 aromatic rings. The van der Waals surface area contributed by atoms with Gasteiger partial charge in [-0.05, 0) is 62.2 Å². The van der Waals surface area contributed by atoms with Gasteiger partial charge in [-0.1, -0.05) is 0 Å². The minimum atomic E-state index is -1.13. The molecule has 9 nitrogen and oxygen atoms in total. The summed E-state index contributed by atoms with van der Waals surface area (Å²) in [6, 6.07) is 10.4. The molecule has 2 aromatic carbocycles. The van der Waals surface area contributed by atoms with E-state index in [-0.39, 0.29) is 18.9 Å². The molecule has 0 aromatic heterocycles. The van der Waals surface area contributed by atoms with Gasteiger partial charge >= 0.3 is 11.9 Å². The van der Waals surface area contributed by atoms with Crippen LogP contribution in [0.3, 0.4) is 0 Å². The number of aliphatic carboxylic acids is 2. The average molecular weight is 429 g/mol. The van der Waals surface area contributed by atoms with E-state index < -0.39 is 18.0 Å². The Balaban J connectivity index is 2.25. The summed E-state index contributed by atoms with van der Waals surface area (Å²) in [4.78, 5) is 22.7. The van der Waals surface area contributed by atoms with Crippen molar-refractivity contribution in [1.29, 1.82) is 5.41 Å². The lowest BCUT2D eigenvalue weighted by Crippen LogP contribution is -2.22. The Kier molecular flexibility index (Phi) is 8.68. The largest absolute Gasteiger partial charge is 0.494 e. The van der Waals surface area contributed by atoms with E-state index in [2.05, 4.69) is 5.32 Å². The molecule has 0 radical (unpaired) electrons. The number of hydrogen-bond donors (Lipinski definition) is 5. The van der Waals surface area contributed by atoms with Crippen LogP contribution in [-0.2, 0) is 9.59 Å². The first kappa shape index (κ1) is 23.5. The summed E-state index contributed by atoms with van der Waals surface area (Å²) in [7, 11) is 0. The maximum Gasteiger partial charge on any atom is 0.330 e. The standard InChI is InChI=1S/C22H27N3O6/c1-2-30-16-10-11-18(31-12-4-3-5-19(26)27)17(13-16)20(22(28)29)25-15-8-6-14(7-9-15)21(23)24/h6-11,13,20,25H,2-5,12H2,1H3,(H3,23,24)(H,26,27)(H,28,29). The number of anilines is 1. The van der Waals surface area contributed by atoms with Crippen LogP contribution in [0, 0.1) is 5.41 Å². The summed E-state index contributed by atoms with van der Waals surface area (Å²) in [5.74, 6) is -1.17. The molecule has 0 spiro atoms. The molecule has 166 valence electrons. The van der Waals surface area contributed by atoms with Gasteiger partial charge in [-0.25, -0.2) is 4.79 Å². The average Bonchev–Trinajstić information content (AvgIpc) is 2.72. The lowest BCUT2D eigenvalue weighted by atomic mass is 10.0. The SMILES string of the molecule is CCOc1ccc(OCCCCC(=O)O)c(C(Nc2ccc(C(=N)N)cc2)C(=O)O)c1. The van der Waals surface area contributed by atoms with Crippen LogP contribution >= 0.6 is 0 Å². The zero-order valence-corrected chi connectivity index (χ0v) is 17.3. The molecular formula is C22H27N3O6. The number of nitrogen functional groups attached to an aromatic ring is 1.